The fraction of sp³-hybridized carbons (Fsp3) is 0.167. The second-order valence-corrected chi connectivity index (χ2v) is 7.32. The van der Waals surface area contributed by atoms with Gasteiger partial charge in [-0.3, -0.25) is 9.89 Å². The molecule has 140 valence electrons. The number of hydrogen-bond donors (Lipinski definition) is 2. The summed E-state index contributed by atoms with van der Waals surface area (Å²) in [6.07, 6.45) is 0. The Morgan fingerprint density at radius 2 is 2.15 bits per heavy atom. The van der Waals surface area contributed by atoms with Gasteiger partial charge >= 0.3 is 0 Å². The summed E-state index contributed by atoms with van der Waals surface area (Å²) in [6, 6.07) is 10.9. The van der Waals surface area contributed by atoms with Crippen LogP contribution in [0.25, 0.3) is 11.4 Å². The van der Waals surface area contributed by atoms with Gasteiger partial charge in [-0.05, 0) is 43.3 Å². The summed E-state index contributed by atoms with van der Waals surface area (Å²) in [7, 11) is 1.55. The molecule has 3 aromatic rings. The molecule has 1 heterocycles. The Morgan fingerprint density at radius 1 is 1.33 bits per heavy atom. The molecule has 27 heavy (non-hydrogen) atoms. The molecule has 0 unspecified atom stereocenters. The van der Waals surface area contributed by atoms with Gasteiger partial charge in [0.2, 0.25) is 11.1 Å². The van der Waals surface area contributed by atoms with Crippen molar-refractivity contribution in [3.63, 3.8) is 0 Å². The fourth-order valence-electron chi connectivity index (χ4n) is 2.31. The molecule has 0 fully saturated rings. The molecule has 6 nitrogen and oxygen atoms in total. The standard InChI is InChI=1S/C18H16ClFN4O2S/c1-10(17(25)21-13-5-3-4-12(20)9-13)27-18-22-16(23-24-18)14-8-11(19)6-7-15(14)26-2/h3-10H,1-2H3,(H,21,25)(H,22,23,24)/t10-/m0/s1. The fourth-order valence-corrected chi connectivity index (χ4v) is 3.20. The van der Waals surface area contributed by atoms with E-state index in [1.165, 1.54) is 30.0 Å². The third-order valence-electron chi connectivity index (χ3n) is 3.63. The van der Waals surface area contributed by atoms with Crippen molar-refractivity contribution in [2.24, 2.45) is 0 Å². The van der Waals surface area contributed by atoms with Gasteiger partial charge in [-0.1, -0.05) is 29.4 Å². The molecule has 1 atom stereocenters. The van der Waals surface area contributed by atoms with Crippen LogP contribution in [-0.2, 0) is 4.79 Å². The van der Waals surface area contributed by atoms with E-state index in [1.807, 2.05) is 0 Å². The predicted octanol–water partition coefficient (Wildman–Crippen LogP) is 4.39. The van der Waals surface area contributed by atoms with Gasteiger partial charge in [-0.2, -0.15) is 0 Å². The van der Waals surface area contributed by atoms with E-state index in [0.29, 0.717) is 33.0 Å². The monoisotopic (exact) mass is 406 g/mol. The lowest BCUT2D eigenvalue weighted by molar-refractivity contribution is -0.115. The Hall–Kier alpha value is -2.58. The first-order chi connectivity index (χ1) is 13.0. The SMILES string of the molecule is COc1ccc(Cl)cc1-c1nc(S[C@@H](C)C(=O)Nc2cccc(F)c2)n[nH]1. The number of rotatable bonds is 6. The van der Waals surface area contributed by atoms with Gasteiger partial charge in [0, 0.05) is 10.7 Å². The molecule has 1 amide bonds. The number of methoxy groups -OCH3 is 1. The van der Waals surface area contributed by atoms with Crippen LogP contribution in [0.1, 0.15) is 6.92 Å². The summed E-state index contributed by atoms with van der Waals surface area (Å²) in [4.78, 5) is 16.7. The summed E-state index contributed by atoms with van der Waals surface area (Å²) in [5, 5.41) is 10.1. The van der Waals surface area contributed by atoms with Crippen LogP contribution < -0.4 is 10.1 Å². The lowest BCUT2D eigenvalue weighted by Crippen LogP contribution is -2.22. The predicted molar refractivity (Wildman–Crippen MR) is 104 cm³/mol. The number of aromatic nitrogens is 3. The van der Waals surface area contributed by atoms with Gasteiger partial charge in [-0.15, -0.1) is 5.10 Å². The molecule has 9 heteroatoms. The van der Waals surface area contributed by atoms with E-state index in [9.17, 15) is 9.18 Å². The molecule has 1 aromatic heterocycles. The Kier molecular flexibility index (Phi) is 5.98. The van der Waals surface area contributed by atoms with Crippen molar-refractivity contribution in [2.45, 2.75) is 17.3 Å². The second kappa shape index (κ2) is 8.41. The molecule has 2 aromatic carbocycles. The number of H-pyrrole nitrogens is 1. The van der Waals surface area contributed by atoms with Crippen molar-refractivity contribution in [3.8, 4) is 17.1 Å². The van der Waals surface area contributed by atoms with Crippen molar-refractivity contribution in [2.75, 3.05) is 12.4 Å². The third-order valence-corrected chi connectivity index (χ3v) is 4.82. The number of nitrogens with one attached hydrogen (secondary N) is 2. The minimum Gasteiger partial charge on any atom is -0.496 e. The van der Waals surface area contributed by atoms with Gasteiger partial charge in [0.15, 0.2) is 5.82 Å². The molecule has 2 N–H and O–H groups in total. The normalized spacial score (nSPS) is 11.9. The van der Waals surface area contributed by atoms with E-state index >= 15 is 0 Å². The van der Waals surface area contributed by atoms with Gasteiger partial charge < -0.3 is 10.1 Å². The highest BCUT2D eigenvalue weighted by Crippen LogP contribution is 2.31. The van der Waals surface area contributed by atoms with E-state index < -0.39 is 11.1 Å². The van der Waals surface area contributed by atoms with Gasteiger partial charge in [0.1, 0.15) is 11.6 Å². The summed E-state index contributed by atoms with van der Waals surface area (Å²) >= 11 is 7.22. The Bertz CT molecular complexity index is 966. The van der Waals surface area contributed by atoms with Gasteiger partial charge in [0.25, 0.3) is 0 Å². The first-order valence-electron chi connectivity index (χ1n) is 7.95. The first kappa shape index (κ1) is 19.2. The van der Waals surface area contributed by atoms with Crippen molar-refractivity contribution in [1.82, 2.24) is 15.2 Å². The molecule has 3 rings (SSSR count). The zero-order valence-electron chi connectivity index (χ0n) is 14.5. The molecule has 0 saturated heterocycles. The molecular weight excluding hydrogens is 391 g/mol. The average molecular weight is 407 g/mol. The van der Waals surface area contributed by atoms with E-state index in [4.69, 9.17) is 16.3 Å². The number of amides is 1. The van der Waals surface area contributed by atoms with Crippen LogP contribution in [0.5, 0.6) is 5.75 Å². The lowest BCUT2D eigenvalue weighted by atomic mass is 10.2. The van der Waals surface area contributed by atoms with Crippen molar-refractivity contribution >= 4 is 35.0 Å². The third kappa shape index (κ3) is 4.78. The number of hydrogen-bond acceptors (Lipinski definition) is 5. The summed E-state index contributed by atoms with van der Waals surface area (Å²) in [6.45, 7) is 1.72. The number of halogens is 2. The second-order valence-electron chi connectivity index (χ2n) is 5.57. The van der Waals surface area contributed by atoms with Crippen LogP contribution in [0.15, 0.2) is 47.6 Å². The van der Waals surface area contributed by atoms with E-state index in [-0.39, 0.29) is 5.91 Å². The quantitative estimate of drug-likeness (QED) is 0.593. The Morgan fingerprint density at radius 3 is 2.89 bits per heavy atom. The maximum Gasteiger partial charge on any atom is 0.237 e. The molecule has 0 aliphatic rings. The largest absolute Gasteiger partial charge is 0.496 e. The molecule has 0 radical (unpaired) electrons. The van der Waals surface area contributed by atoms with Crippen LogP contribution >= 0.6 is 23.4 Å². The number of aromatic amines is 1. The number of anilines is 1. The highest BCUT2D eigenvalue weighted by Gasteiger charge is 2.19. The molecule has 0 spiro atoms. The Balaban J connectivity index is 1.70. The summed E-state index contributed by atoms with van der Waals surface area (Å²) < 4.78 is 18.5. The van der Waals surface area contributed by atoms with E-state index in [0.717, 1.165) is 0 Å². The van der Waals surface area contributed by atoms with E-state index in [1.54, 1.807) is 38.3 Å². The number of nitrogens with zero attached hydrogens (tertiary/aromatic N) is 2. The number of benzene rings is 2. The minimum absolute atomic E-state index is 0.280. The molecule has 0 bridgehead atoms. The number of carbonyl (C=O) groups is 1. The van der Waals surface area contributed by atoms with Crippen LogP contribution in [0.4, 0.5) is 10.1 Å². The van der Waals surface area contributed by atoms with Crippen molar-refractivity contribution in [3.05, 3.63) is 53.3 Å². The van der Waals surface area contributed by atoms with E-state index in [2.05, 4.69) is 20.5 Å². The first-order valence-corrected chi connectivity index (χ1v) is 9.21. The Labute approximate surface area is 164 Å². The van der Waals surface area contributed by atoms with Gasteiger partial charge in [-0.25, -0.2) is 9.37 Å². The summed E-state index contributed by atoms with van der Waals surface area (Å²) in [5.41, 5.74) is 1.06. The summed E-state index contributed by atoms with van der Waals surface area (Å²) in [5.74, 6) is 0.387. The van der Waals surface area contributed by atoms with Gasteiger partial charge in [0.05, 0.1) is 17.9 Å². The topological polar surface area (TPSA) is 79.9 Å². The number of thioether (sulfide) groups is 1. The molecule has 0 saturated carbocycles. The van der Waals surface area contributed by atoms with Crippen molar-refractivity contribution < 1.29 is 13.9 Å². The maximum absolute atomic E-state index is 13.2. The average Bonchev–Trinajstić information content (AvgIpc) is 3.10. The van der Waals surface area contributed by atoms with Crippen LogP contribution in [0, 0.1) is 5.82 Å². The van der Waals surface area contributed by atoms with Crippen LogP contribution in [0.3, 0.4) is 0 Å². The van der Waals surface area contributed by atoms with Crippen molar-refractivity contribution in [1.29, 1.82) is 0 Å². The highest BCUT2D eigenvalue weighted by atomic mass is 35.5. The maximum atomic E-state index is 13.2. The molecule has 0 aliphatic heterocycles. The highest BCUT2D eigenvalue weighted by molar-refractivity contribution is 8.00. The lowest BCUT2D eigenvalue weighted by Gasteiger charge is -2.10. The molecular formula is C18H16ClFN4O2S. The zero-order valence-corrected chi connectivity index (χ0v) is 16.1. The minimum atomic E-state index is -0.488. The smallest absolute Gasteiger partial charge is 0.237 e. The number of ether oxygens (including phenoxy) is 1. The molecule has 0 aliphatic carbocycles. The number of carbonyl (C=O) groups excluding carboxylic acids is 1. The van der Waals surface area contributed by atoms with Crippen LogP contribution in [0.2, 0.25) is 5.02 Å². The zero-order chi connectivity index (χ0) is 19.4. The van der Waals surface area contributed by atoms with Crippen LogP contribution in [-0.4, -0.2) is 33.4 Å².